The van der Waals surface area contributed by atoms with Gasteiger partial charge in [0.05, 0.1) is 11.8 Å². The molecule has 4 atom stereocenters. The molecule has 4 aliphatic heterocycles. The molecule has 28 nitrogen and oxygen atoms in total. The number of piperazine rings is 2. The third-order valence-electron chi connectivity index (χ3n) is 15.2. The average Bonchev–Trinajstić information content (AvgIpc) is 1.72. The number of sulfonamides is 2. The summed E-state index contributed by atoms with van der Waals surface area (Å²) >= 11 is 2.50. The van der Waals surface area contributed by atoms with Gasteiger partial charge in [-0.2, -0.15) is 8.61 Å². The first-order valence-corrected chi connectivity index (χ1v) is 33.1. The molecule has 4 aromatic rings. The number of carboxylic acid groups (broad SMARTS) is 2. The fraction of sp³-hybridized carbons (Fsp3) is 0.474. The lowest BCUT2D eigenvalue weighted by Gasteiger charge is -2.34. The summed E-state index contributed by atoms with van der Waals surface area (Å²) in [5.74, 6) is -4.44. The van der Waals surface area contributed by atoms with Gasteiger partial charge in [0.2, 0.25) is 43.7 Å². The van der Waals surface area contributed by atoms with Crippen LogP contribution in [0, 0.1) is 0 Å². The van der Waals surface area contributed by atoms with E-state index in [1.807, 2.05) is 0 Å². The van der Waals surface area contributed by atoms with E-state index >= 15 is 0 Å². The van der Waals surface area contributed by atoms with Gasteiger partial charge in [0.1, 0.15) is 58.7 Å². The van der Waals surface area contributed by atoms with Crippen molar-refractivity contribution in [2.24, 2.45) is 0 Å². The molecule has 2 aromatic heterocycles. The number of nitrogens with zero attached hydrogens (tertiary/aromatic N) is 8. The van der Waals surface area contributed by atoms with Crippen LogP contribution in [-0.4, -0.2) is 237 Å². The number of pyridine rings is 2. The van der Waals surface area contributed by atoms with Crippen molar-refractivity contribution in [1.29, 1.82) is 0 Å². The van der Waals surface area contributed by atoms with Gasteiger partial charge in [-0.3, -0.25) is 29.1 Å². The van der Waals surface area contributed by atoms with Gasteiger partial charge in [0, 0.05) is 113 Å². The van der Waals surface area contributed by atoms with E-state index in [9.17, 15) is 65.4 Å². The van der Waals surface area contributed by atoms with Crippen molar-refractivity contribution >= 4 is 91.3 Å². The number of thioether (sulfide) groups is 2. The Labute approximate surface area is 523 Å². The molecule has 2 aromatic carbocycles. The lowest BCUT2D eigenvalue weighted by atomic mass is 10.0. The molecule has 0 spiro atoms. The average molecular weight is 1310 g/mol. The first-order valence-electron chi connectivity index (χ1n) is 28.3. The maximum absolute atomic E-state index is 13.7. The van der Waals surface area contributed by atoms with Crippen LogP contribution in [0.3, 0.4) is 0 Å². The molecular weight excluding hydrogens is 1240 g/mol. The molecule has 0 unspecified atom stereocenters. The molecule has 6 amide bonds. The Morgan fingerprint density at radius 3 is 1.22 bits per heavy atom. The van der Waals surface area contributed by atoms with Crippen LogP contribution in [0.15, 0.2) is 107 Å². The number of benzene rings is 2. The number of amides is 6. The summed E-state index contributed by atoms with van der Waals surface area (Å²) in [6.07, 6.45) is 4.01. The molecule has 8 rings (SSSR count). The molecular formula is C57H70N10O18S4. The lowest BCUT2D eigenvalue weighted by molar-refractivity contribution is -0.142. The van der Waals surface area contributed by atoms with Crippen LogP contribution in [0.4, 0.5) is 9.59 Å². The molecule has 32 heteroatoms. The van der Waals surface area contributed by atoms with Gasteiger partial charge in [-0.25, -0.2) is 36.0 Å². The fourth-order valence-corrected chi connectivity index (χ4v) is 16.4. The molecule has 6 heterocycles. The zero-order chi connectivity index (χ0) is 64.3. The second-order valence-electron chi connectivity index (χ2n) is 22.1. The number of hydrogen-bond acceptors (Lipinski definition) is 20. The van der Waals surface area contributed by atoms with E-state index in [0.29, 0.717) is 17.5 Å². The predicted octanol–water partition coefficient (Wildman–Crippen LogP) is 2.19. The molecule has 4 N–H and O–H groups in total. The highest BCUT2D eigenvalue weighted by Gasteiger charge is 2.53. The van der Waals surface area contributed by atoms with E-state index < -0.39 is 89.6 Å². The maximum atomic E-state index is 13.7. The summed E-state index contributed by atoms with van der Waals surface area (Å²) in [6.45, 7) is 8.49. The van der Waals surface area contributed by atoms with E-state index in [-0.39, 0.29) is 136 Å². The minimum atomic E-state index is -4.14. The van der Waals surface area contributed by atoms with E-state index in [1.165, 1.54) is 107 Å². The van der Waals surface area contributed by atoms with E-state index in [0.717, 1.165) is 8.61 Å². The summed E-state index contributed by atoms with van der Waals surface area (Å²) in [7, 11) is -8.28. The molecule has 4 fully saturated rings. The standard InChI is InChI=1S/C57H70N10O18S4/c1-56(2)48(66(36-86-56)88(78,79)42-8-5-18-58-32-42)50(70)60-44(52(72)73)30-38-10-14-40(15-11-38)84-54(76)64-24-20-62(21-25-64)46(68)34-82-28-7-29-83-35-47(69)63-22-26-65(27-23-63)55(77)85-41-16-12-39(13-17-41)31-45(53(74)75)61-51(71)49-57(3,4)87-37-67(49)89(80,81)43-9-6-19-59-33-43/h5-6,8-19,32-33,44-45,48-49H,7,20-31,34-37H2,1-4H3,(H,60,70)(H,61,71)(H,72,73)(H,74,75)/t44-,45-,48+,49+/m0/s1. The Morgan fingerprint density at radius 2 is 0.899 bits per heavy atom. The van der Waals surface area contributed by atoms with Crippen LogP contribution in [0.25, 0.3) is 0 Å². The zero-order valence-electron chi connectivity index (χ0n) is 49.2. The summed E-state index contributed by atoms with van der Waals surface area (Å²) in [5, 5.41) is 25.2. The highest BCUT2D eigenvalue weighted by molar-refractivity contribution is 8.02. The maximum Gasteiger partial charge on any atom is 0.415 e. The normalized spacial score (nSPS) is 19.4. The third-order valence-corrected chi connectivity index (χ3v) is 21.8. The number of carbonyl (C=O) groups excluding carboxylic acids is 6. The number of aliphatic carboxylic acids is 2. The van der Waals surface area contributed by atoms with Gasteiger partial charge in [0.15, 0.2) is 0 Å². The van der Waals surface area contributed by atoms with Crippen molar-refractivity contribution in [1.82, 2.24) is 48.8 Å². The van der Waals surface area contributed by atoms with Crippen molar-refractivity contribution in [3.63, 3.8) is 0 Å². The quantitative estimate of drug-likeness (QED) is 0.0731. The summed E-state index contributed by atoms with van der Waals surface area (Å²) in [6, 6.07) is 12.6. The van der Waals surface area contributed by atoms with Gasteiger partial charge in [0.25, 0.3) is 0 Å². The molecule has 4 saturated heterocycles. The van der Waals surface area contributed by atoms with E-state index in [2.05, 4.69) is 20.6 Å². The highest BCUT2D eigenvalue weighted by atomic mass is 32.2. The Hall–Kier alpha value is -7.46. The van der Waals surface area contributed by atoms with Gasteiger partial charge < -0.3 is 59.4 Å². The summed E-state index contributed by atoms with van der Waals surface area (Å²) < 4.78 is 76.6. The number of aromatic nitrogens is 2. The van der Waals surface area contributed by atoms with Crippen molar-refractivity contribution in [2.75, 3.05) is 90.5 Å². The van der Waals surface area contributed by atoms with Crippen molar-refractivity contribution in [2.45, 2.75) is 90.4 Å². The van der Waals surface area contributed by atoms with Crippen molar-refractivity contribution in [3.05, 3.63) is 109 Å². The molecule has 480 valence electrons. The zero-order valence-corrected chi connectivity index (χ0v) is 52.5. The minimum absolute atomic E-state index is 0.0233. The molecule has 4 aliphatic rings. The van der Waals surface area contributed by atoms with Crippen LogP contribution >= 0.6 is 23.5 Å². The van der Waals surface area contributed by atoms with Crippen LogP contribution in [0.1, 0.15) is 45.2 Å². The highest BCUT2D eigenvalue weighted by Crippen LogP contribution is 2.43. The largest absolute Gasteiger partial charge is 0.480 e. The number of nitrogens with one attached hydrogen (secondary N) is 2. The van der Waals surface area contributed by atoms with Crippen LogP contribution in [0.2, 0.25) is 0 Å². The number of rotatable bonds is 24. The second-order valence-corrected chi connectivity index (χ2v) is 29.1. The fourth-order valence-electron chi connectivity index (χ4n) is 10.2. The van der Waals surface area contributed by atoms with Crippen LogP contribution in [0.5, 0.6) is 11.5 Å². The predicted molar refractivity (Wildman–Crippen MR) is 321 cm³/mol. The lowest BCUT2D eigenvalue weighted by Crippen LogP contribution is -2.56. The SMILES string of the molecule is CC1(C)SCN(S(=O)(=O)c2cccnc2)[C@@H]1C(=O)N[C@@H](Cc1ccc(OC(=O)N2CCN(C(=O)COCCCOCC(=O)N3CCN(C(=O)Oc4ccc(C[C@H](NC(=O)[C@H]5N(S(=O)(=O)c6cccnc6)CSC5(C)C)C(=O)O)cc4)CC3)CC2)cc1)C(=O)O. The smallest absolute Gasteiger partial charge is 0.415 e. The molecule has 0 radical (unpaired) electrons. The summed E-state index contributed by atoms with van der Waals surface area (Å²) in [5.41, 5.74) is 0.986. The second kappa shape index (κ2) is 29.4. The Morgan fingerprint density at radius 1 is 0.551 bits per heavy atom. The number of ether oxygens (including phenoxy) is 4. The Balaban J connectivity index is 0.672. The van der Waals surface area contributed by atoms with Crippen LogP contribution < -0.4 is 20.1 Å². The third kappa shape index (κ3) is 17.1. The first-order chi connectivity index (χ1) is 42.2. The molecule has 0 saturated carbocycles. The number of carboxylic acids is 2. The Kier molecular flexibility index (Phi) is 22.3. The monoisotopic (exact) mass is 1310 g/mol. The number of hydrogen-bond donors (Lipinski definition) is 4. The minimum Gasteiger partial charge on any atom is -0.480 e. The Bertz CT molecular complexity index is 3210. The van der Waals surface area contributed by atoms with Gasteiger partial charge in [-0.1, -0.05) is 24.3 Å². The van der Waals surface area contributed by atoms with Crippen molar-refractivity contribution in [3.8, 4) is 11.5 Å². The van der Waals surface area contributed by atoms with Gasteiger partial charge in [-0.15, -0.1) is 23.5 Å². The van der Waals surface area contributed by atoms with Gasteiger partial charge in [-0.05, 0) is 93.8 Å². The van der Waals surface area contributed by atoms with E-state index in [4.69, 9.17) is 18.9 Å². The topological polar surface area (TPSA) is 352 Å². The molecule has 89 heavy (non-hydrogen) atoms. The van der Waals surface area contributed by atoms with Crippen molar-refractivity contribution < 1.29 is 84.4 Å². The first kappa shape index (κ1) is 67.5. The van der Waals surface area contributed by atoms with E-state index in [1.54, 1.807) is 61.8 Å². The molecule has 0 aliphatic carbocycles. The van der Waals surface area contributed by atoms with Crippen LogP contribution in [-0.2, 0) is 71.1 Å². The summed E-state index contributed by atoms with van der Waals surface area (Å²) in [4.78, 5) is 118. The molecule has 0 bridgehead atoms. The number of carbonyl (C=O) groups is 8. The van der Waals surface area contributed by atoms with Gasteiger partial charge >= 0.3 is 24.1 Å².